The molecule has 0 saturated carbocycles. The Morgan fingerprint density at radius 1 is 1.09 bits per heavy atom. The summed E-state index contributed by atoms with van der Waals surface area (Å²) in [6.45, 7) is 0. The first-order valence-electron chi connectivity index (χ1n) is 8.95. The summed E-state index contributed by atoms with van der Waals surface area (Å²) < 4.78 is 74.5. The van der Waals surface area contributed by atoms with E-state index in [4.69, 9.17) is 4.74 Å². The highest BCUT2D eigenvalue weighted by atomic mass is 32.2. The monoisotopic (exact) mass is 458 g/mol. The molecule has 0 unspecified atom stereocenters. The molecule has 0 radical (unpaired) electrons. The zero-order valence-electron chi connectivity index (χ0n) is 16.3. The van der Waals surface area contributed by atoms with Crippen LogP contribution in [-0.2, 0) is 10.0 Å². The molecule has 0 aliphatic carbocycles. The van der Waals surface area contributed by atoms with Gasteiger partial charge in [0.1, 0.15) is 11.6 Å². The Morgan fingerprint density at radius 3 is 2.66 bits per heavy atom. The van der Waals surface area contributed by atoms with Gasteiger partial charge >= 0.3 is 0 Å². The van der Waals surface area contributed by atoms with Crippen LogP contribution in [0.2, 0.25) is 0 Å². The van der Waals surface area contributed by atoms with Gasteiger partial charge in [-0.15, -0.1) is 5.10 Å². The van der Waals surface area contributed by atoms with Gasteiger partial charge in [0, 0.05) is 11.8 Å². The highest BCUT2D eigenvalue weighted by Crippen LogP contribution is 2.25. The lowest BCUT2D eigenvalue weighted by molar-refractivity contribution is 0.401. The van der Waals surface area contributed by atoms with Crippen LogP contribution in [0.5, 0.6) is 5.88 Å². The van der Waals surface area contributed by atoms with E-state index in [1.165, 1.54) is 19.4 Å². The molecule has 0 fully saturated rings. The van der Waals surface area contributed by atoms with E-state index in [1.807, 2.05) is 4.72 Å². The minimum Gasteiger partial charge on any atom is -0.479 e. The van der Waals surface area contributed by atoms with Gasteiger partial charge in [-0.1, -0.05) is 17.9 Å². The molecular weight excluding hydrogens is 445 g/mol. The molecule has 0 aliphatic rings. The maximum Gasteiger partial charge on any atom is 0.262 e. The quantitative estimate of drug-likeness (QED) is 0.456. The van der Waals surface area contributed by atoms with E-state index in [1.54, 1.807) is 6.07 Å². The molecule has 2 aromatic carbocycles. The van der Waals surface area contributed by atoms with Crippen molar-refractivity contribution in [1.82, 2.24) is 15.2 Å². The second-order valence-corrected chi connectivity index (χ2v) is 8.13. The van der Waals surface area contributed by atoms with E-state index in [9.17, 15) is 21.6 Å². The second-order valence-electron chi connectivity index (χ2n) is 6.45. The summed E-state index contributed by atoms with van der Waals surface area (Å²) in [4.78, 5) is 3.69. The van der Waals surface area contributed by atoms with Gasteiger partial charge in [0.05, 0.1) is 28.6 Å². The summed E-state index contributed by atoms with van der Waals surface area (Å²) in [6.07, 6.45) is 1.37. The number of fused-ring (bicyclic) bond motifs is 1. The molecule has 7 nitrogen and oxygen atoms in total. The van der Waals surface area contributed by atoms with E-state index in [2.05, 4.69) is 27.0 Å². The summed E-state index contributed by atoms with van der Waals surface area (Å²) >= 11 is 0. The average molecular weight is 458 g/mol. The van der Waals surface area contributed by atoms with Crippen LogP contribution in [0, 0.1) is 29.3 Å². The zero-order chi connectivity index (χ0) is 22.9. The fourth-order valence-electron chi connectivity index (χ4n) is 2.82. The first kappa shape index (κ1) is 21.2. The van der Waals surface area contributed by atoms with Crippen LogP contribution in [-0.4, -0.2) is 30.7 Å². The highest BCUT2D eigenvalue weighted by molar-refractivity contribution is 7.92. The van der Waals surface area contributed by atoms with Crippen molar-refractivity contribution in [2.45, 2.75) is 4.90 Å². The van der Waals surface area contributed by atoms with Crippen LogP contribution >= 0.6 is 0 Å². The number of nitrogens with one attached hydrogen (secondary N) is 2. The summed E-state index contributed by atoms with van der Waals surface area (Å²) in [5.74, 6) is 2.25. The molecule has 32 heavy (non-hydrogen) atoms. The molecule has 4 aromatic rings. The standard InChI is InChI=1S/C21H13F3N4O3S/c1-31-21-16-9-12(11-25-20(16)26-27-21)5-6-15-17(23)7-8-18(19(15)24)28-32(29,30)14-4-2-3-13(22)10-14/h2-4,7-11,28H,1H3,(H,25,26,27). The number of halogens is 3. The predicted octanol–water partition coefficient (Wildman–Crippen LogP) is 3.58. The zero-order valence-corrected chi connectivity index (χ0v) is 17.1. The summed E-state index contributed by atoms with van der Waals surface area (Å²) in [7, 11) is -2.89. The Labute approximate surface area is 180 Å². The maximum absolute atomic E-state index is 14.9. The van der Waals surface area contributed by atoms with Crippen molar-refractivity contribution in [2.24, 2.45) is 0 Å². The third-order valence-electron chi connectivity index (χ3n) is 4.35. The lowest BCUT2D eigenvalue weighted by Crippen LogP contribution is -2.15. The average Bonchev–Trinajstić information content (AvgIpc) is 3.18. The number of aromatic amines is 1. The number of H-pyrrole nitrogens is 1. The number of ether oxygens (including phenoxy) is 1. The van der Waals surface area contributed by atoms with Gasteiger partial charge < -0.3 is 4.74 Å². The molecule has 2 N–H and O–H groups in total. The SMILES string of the molecule is COc1n[nH]c2ncc(C#Cc3c(F)ccc(NS(=O)(=O)c4cccc(F)c4)c3F)cc12. The fraction of sp³-hybridized carbons (Fsp3) is 0.0476. The van der Waals surface area contributed by atoms with Gasteiger partial charge in [-0.2, -0.15) is 0 Å². The van der Waals surface area contributed by atoms with E-state index in [0.717, 1.165) is 30.3 Å². The van der Waals surface area contributed by atoms with Gasteiger partial charge in [0.2, 0.25) is 5.88 Å². The Bertz CT molecular complexity index is 1510. The van der Waals surface area contributed by atoms with Gasteiger partial charge in [-0.3, -0.25) is 9.82 Å². The number of rotatable bonds is 4. The highest BCUT2D eigenvalue weighted by Gasteiger charge is 2.20. The number of benzene rings is 2. The molecule has 0 saturated heterocycles. The normalized spacial score (nSPS) is 11.1. The number of hydrogen-bond acceptors (Lipinski definition) is 5. The molecule has 0 atom stereocenters. The third-order valence-corrected chi connectivity index (χ3v) is 5.71. The van der Waals surface area contributed by atoms with Crippen molar-refractivity contribution in [3.63, 3.8) is 0 Å². The Balaban J connectivity index is 1.69. The third kappa shape index (κ3) is 4.08. The van der Waals surface area contributed by atoms with Crippen LogP contribution < -0.4 is 9.46 Å². The van der Waals surface area contributed by atoms with E-state index in [-0.39, 0.29) is 5.88 Å². The minimum atomic E-state index is -4.32. The van der Waals surface area contributed by atoms with Crippen molar-refractivity contribution < 1.29 is 26.3 Å². The number of anilines is 1. The fourth-order valence-corrected chi connectivity index (χ4v) is 3.91. The summed E-state index contributed by atoms with van der Waals surface area (Å²) in [5, 5.41) is 7.10. The molecule has 4 rings (SSSR count). The van der Waals surface area contributed by atoms with Crippen molar-refractivity contribution >= 4 is 26.7 Å². The van der Waals surface area contributed by atoms with E-state index >= 15 is 0 Å². The number of sulfonamides is 1. The van der Waals surface area contributed by atoms with Crippen LogP contribution in [0.25, 0.3) is 11.0 Å². The van der Waals surface area contributed by atoms with Crippen LogP contribution in [0.3, 0.4) is 0 Å². The van der Waals surface area contributed by atoms with Crippen molar-refractivity contribution in [2.75, 3.05) is 11.8 Å². The van der Waals surface area contributed by atoms with Crippen molar-refractivity contribution in [3.8, 4) is 17.7 Å². The summed E-state index contributed by atoms with van der Waals surface area (Å²) in [5.41, 5.74) is -0.422. The number of aromatic nitrogens is 3. The van der Waals surface area contributed by atoms with Gasteiger partial charge in [0.15, 0.2) is 11.5 Å². The second kappa shape index (κ2) is 8.24. The molecule has 11 heteroatoms. The van der Waals surface area contributed by atoms with E-state index in [0.29, 0.717) is 16.6 Å². The molecule has 0 spiro atoms. The van der Waals surface area contributed by atoms with Crippen LogP contribution in [0.4, 0.5) is 18.9 Å². The molecule has 2 aromatic heterocycles. The first-order chi connectivity index (χ1) is 15.3. The predicted molar refractivity (Wildman–Crippen MR) is 110 cm³/mol. The number of methoxy groups -OCH3 is 1. The molecular formula is C21H13F3N4O3S. The van der Waals surface area contributed by atoms with Crippen molar-refractivity contribution in [1.29, 1.82) is 0 Å². The van der Waals surface area contributed by atoms with Gasteiger partial charge in [-0.25, -0.2) is 26.6 Å². The topological polar surface area (TPSA) is 97.0 Å². The maximum atomic E-state index is 14.9. The number of nitrogens with zero attached hydrogens (tertiary/aromatic N) is 2. The molecule has 0 aliphatic heterocycles. The van der Waals surface area contributed by atoms with Crippen molar-refractivity contribution in [3.05, 3.63) is 77.2 Å². The van der Waals surface area contributed by atoms with Gasteiger partial charge in [-0.05, 0) is 36.4 Å². The number of hydrogen-bond donors (Lipinski definition) is 2. The minimum absolute atomic E-state index is 0.280. The Kier molecular flexibility index (Phi) is 5.46. The number of pyridine rings is 1. The molecule has 2 heterocycles. The summed E-state index contributed by atoms with van der Waals surface area (Å²) in [6, 6.07) is 7.54. The lowest BCUT2D eigenvalue weighted by Gasteiger charge is -2.10. The molecule has 162 valence electrons. The molecule has 0 bridgehead atoms. The molecule has 0 amide bonds. The first-order valence-corrected chi connectivity index (χ1v) is 10.4. The Morgan fingerprint density at radius 2 is 1.91 bits per heavy atom. The largest absolute Gasteiger partial charge is 0.479 e. The van der Waals surface area contributed by atoms with Gasteiger partial charge in [0.25, 0.3) is 10.0 Å². The van der Waals surface area contributed by atoms with Crippen LogP contribution in [0.1, 0.15) is 11.1 Å². The Hall–Kier alpha value is -4.04. The smallest absolute Gasteiger partial charge is 0.262 e. The van der Waals surface area contributed by atoms with E-state index < -0.39 is 43.6 Å². The van der Waals surface area contributed by atoms with Crippen LogP contribution in [0.15, 0.2) is 53.6 Å². The lowest BCUT2D eigenvalue weighted by atomic mass is 10.1.